The zero-order chi connectivity index (χ0) is 13.5. The molecule has 0 bridgehead atoms. The van der Waals surface area contributed by atoms with Gasteiger partial charge < -0.3 is 14.6 Å². The van der Waals surface area contributed by atoms with Gasteiger partial charge in [-0.1, -0.05) is 12.1 Å². The Bertz CT molecular complexity index is 490. The quantitative estimate of drug-likeness (QED) is 0.825. The van der Waals surface area contributed by atoms with Crippen molar-refractivity contribution in [3.05, 3.63) is 48.0 Å². The molecule has 0 saturated carbocycles. The summed E-state index contributed by atoms with van der Waals surface area (Å²) in [4.78, 5) is 4.40. The number of aromatic nitrogens is 2. The average Bonchev–Trinajstić information content (AvgIpc) is 2.91. The Morgan fingerprint density at radius 2 is 2.00 bits per heavy atom. The minimum absolute atomic E-state index is 0.903. The van der Waals surface area contributed by atoms with Crippen molar-refractivity contribution in [2.75, 3.05) is 20.7 Å². The predicted molar refractivity (Wildman–Crippen MR) is 76.6 cm³/mol. The first-order chi connectivity index (χ1) is 9.31. The van der Waals surface area contributed by atoms with E-state index < -0.39 is 0 Å². The average molecular weight is 259 g/mol. The molecular weight excluding hydrogens is 238 g/mol. The highest BCUT2D eigenvalue weighted by atomic mass is 16.5. The number of rotatable bonds is 7. The lowest BCUT2D eigenvalue weighted by Gasteiger charge is -2.04. The molecule has 19 heavy (non-hydrogen) atoms. The van der Waals surface area contributed by atoms with E-state index in [0.717, 1.165) is 37.4 Å². The van der Waals surface area contributed by atoms with Gasteiger partial charge in [0.25, 0.3) is 0 Å². The molecule has 0 amide bonds. The molecule has 2 aromatic rings. The number of ether oxygens (including phenoxy) is 1. The largest absolute Gasteiger partial charge is 0.497 e. The Labute approximate surface area is 114 Å². The first-order valence-electron chi connectivity index (χ1n) is 6.60. The van der Waals surface area contributed by atoms with Crippen molar-refractivity contribution in [3.63, 3.8) is 0 Å². The Hall–Kier alpha value is -1.81. The lowest BCUT2D eigenvalue weighted by molar-refractivity contribution is 0.414. The minimum Gasteiger partial charge on any atom is -0.497 e. The van der Waals surface area contributed by atoms with Gasteiger partial charge in [0.2, 0.25) is 0 Å². The molecular formula is C15H21N3O. The molecule has 1 heterocycles. The molecule has 0 spiro atoms. The summed E-state index contributed by atoms with van der Waals surface area (Å²) in [5, 5.41) is 3.13. The number of benzene rings is 1. The van der Waals surface area contributed by atoms with Gasteiger partial charge >= 0.3 is 0 Å². The summed E-state index contributed by atoms with van der Waals surface area (Å²) in [6.07, 6.45) is 6.02. The zero-order valence-electron chi connectivity index (χ0n) is 11.6. The van der Waals surface area contributed by atoms with Gasteiger partial charge in [-0.15, -0.1) is 0 Å². The molecule has 0 aliphatic rings. The van der Waals surface area contributed by atoms with Crippen molar-refractivity contribution < 1.29 is 4.74 Å². The number of hydrogen-bond donors (Lipinski definition) is 1. The molecule has 2 rings (SSSR count). The molecule has 1 aromatic carbocycles. The van der Waals surface area contributed by atoms with Crippen LogP contribution in [-0.2, 0) is 19.4 Å². The van der Waals surface area contributed by atoms with Crippen molar-refractivity contribution in [2.45, 2.75) is 19.4 Å². The molecule has 0 saturated heterocycles. The second-order valence-electron chi connectivity index (χ2n) is 4.55. The number of nitrogens with zero attached hydrogens (tertiary/aromatic N) is 2. The molecule has 4 nitrogen and oxygen atoms in total. The van der Waals surface area contributed by atoms with Crippen molar-refractivity contribution in [2.24, 2.45) is 0 Å². The maximum Gasteiger partial charge on any atom is 0.118 e. The van der Waals surface area contributed by atoms with Crippen LogP contribution < -0.4 is 10.1 Å². The lowest BCUT2D eigenvalue weighted by Crippen LogP contribution is -2.10. The van der Waals surface area contributed by atoms with Crippen LogP contribution in [0.15, 0.2) is 36.8 Å². The van der Waals surface area contributed by atoms with E-state index in [-0.39, 0.29) is 0 Å². The fourth-order valence-electron chi connectivity index (χ4n) is 1.96. The predicted octanol–water partition coefficient (Wildman–Crippen LogP) is 1.90. The highest BCUT2D eigenvalue weighted by Crippen LogP contribution is 2.12. The second-order valence-corrected chi connectivity index (χ2v) is 4.55. The Morgan fingerprint density at radius 3 is 2.68 bits per heavy atom. The Balaban J connectivity index is 1.85. The highest BCUT2D eigenvalue weighted by Gasteiger charge is 1.99. The Morgan fingerprint density at radius 1 is 1.21 bits per heavy atom. The second kappa shape index (κ2) is 6.95. The third kappa shape index (κ3) is 4.10. The maximum atomic E-state index is 5.15. The van der Waals surface area contributed by atoms with Crippen LogP contribution in [0.2, 0.25) is 0 Å². The Kier molecular flexibility index (Phi) is 4.98. The molecule has 1 N–H and O–H groups in total. The summed E-state index contributed by atoms with van der Waals surface area (Å²) >= 11 is 0. The topological polar surface area (TPSA) is 39.1 Å². The molecule has 102 valence electrons. The molecule has 0 atom stereocenters. The van der Waals surface area contributed by atoms with Crippen molar-refractivity contribution in [1.29, 1.82) is 0 Å². The van der Waals surface area contributed by atoms with Crippen LogP contribution in [0, 0.1) is 0 Å². The normalized spacial score (nSPS) is 10.6. The third-order valence-electron chi connectivity index (χ3n) is 3.14. The number of nitrogens with one attached hydrogen (secondary N) is 1. The van der Waals surface area contributed by atoms with Crippen molar-refractivity contribution in [1.82, 2.24) is 14.9 Å². The third-order valence-corrected chi connectivity index (χ3v) is 3.14. The number of likely N-dealkylation sites (N-methyl/N-ethyl adjacent to an activating group) is 1. The van der Waals surface area contributed by atoms with Gasteiger partial charge in [0.1, 0.15) is 5.75 Å². The molecule has 0 radical (unpaired) electrons. The molecule has 0 unspecified atom stereocenters. The van der Waals surface area contributed by atoms with E-state index in [2.05, 4.69) is 33.2 Å². The van der Waals surface area contributed by atoms with Crippen LogP contribution in [0.4, 0.5) is 0 Å². The summed E-state index contributed by atoms with van der Waals surface area (Å²) in [5.41, 5.74) is 2.45. The fourth-order valence-corrected chi connectivity index (χ4v) is 1.96. The highest BCUT2D eigenvalue weighted by molar-refractivity contribution is 5.27. The number of imidazole rings is 1. The summed E-state index contributed by atoms with van der Waals surface area (Å²) in [6.45, 7) is 1.92. The van der Waals surface area contributed by atoms with E-state index >= 15 is 0 Å². The van der Waals surface area contributed by atoms with Gasteiger partial charge in [-0.25, -0.2) is 4.98 Å². The van der Waals surface area contributed by atoms with E-state index in [1.54, 1.807) is 7.11 Å². The lowest BCUT2D eigenvalue weighted by atomic mass is 10.1. The first-order valence-corrected chi connectivity index (χ1v) is 6.60. The standard InChI is InChI=1S/C15H21N3O/c1-16-9-7-14-11-18(12-17-14)10-8-13-3-5-15(19-2)6-4-13/h3-6,11-12,16H,7-10H2,1-2H3. The van der Waals surface area contributed by atoms with E-state index in [1.165, 1.54) is 5.56 Å². The van der Waals surface area contributed by atoms with E-state index in [1.807, 2.05) is 25.5 Å². The molecule has 4 heteroatoms. The molecule has 0 aliphatic carbocycles. The van der Waals surface area contributed by atoms with Crippen molar-refractivity contribution >= 4 is 0 Å². The number of hydrogen-bond acceptors (Lipinski definition) is 3. The van der Waals surface area contributed by atoms with Gasteiger partial charge in [0, 0.05) is 25.7 Å². The molecule has 0 fully saturated rings. The number of aryl methyl sites for hydroxylation is 2. The maximum absolute atomic E-state index is 5.15. The van der Waals surface area contributed by atoms with Crippen LogP contribution in [-0.4, -0.2) is 30.3 Å². The summed E-state index contributed by atoms with van der Waals surface area (Å²) in [7, 11) is 3.65. The van der Waals surface area contributed by atoms with Crippen LogP contribution in [0.3, 0.4) is 0 Å². The van der Waals surface area contributed by atoms with Gasteiger partial charge in [0.05, 0.1) is 19.1 Å². The van der Waals surface area contributed by atoms with E-state index in [9.17, 15) is 0 Å². The van der Waals surface area contributed by atoms with Gasteiger partial charge in [0.15, 0.2) is 0 Å². The van der Waals surface area contributed by atoms with Gasteiger partial charge in [-0.05, 0) is 31.2 Å². The van der Waals surface area contributed by atoms with Crippen LogP contribution in [0.25, 0.3) is 0 Å². The van der Waals surface area contributed by atoms with Crippen LogP contribution >= 0.6 is 0 Å². The summed E-state index contributed by atoms with van der Waals surface area (Å²) in [5.74, 6) is 0.903. The zero-order valence-corrected chi connectivity index (χ0v) is 11.6. The van der Waals surface area contributed by atoms with Crippen LogP contribution in [0.1, 0.15) is 11.3 Å². The number of methoxy groups -OCH3 is 1. The summed E-state index contributed by atoms with van der Waals surface area (Å²) < 4.78 is 7.30. The first kappa shape index (κ1) is 13.6. The van der Waals surface area contributed by atoms with Gasteiger partial charge in [-0.3, -0.25) is 0 Å². The monoisotopic (exact) mass is 259 g/mol. The fraction of sp³-hybridized carbons (Fsp3) is 0.400. The van der Waals surface area contributed by atoms with Gasteiger partial charge in [-0.2, -0.15) is 0 Å². The van der Waals surface area contributed by atoms with E-state index in [4.69, 9.17) is 4.74 Å². The van der Waals surface area contributed by atoms with Crippen molar-refractivity contribution in [3.8, 4) is 5.75 Å². The van der Waals surface area contributed by atoms with Crippen LogP contribution in [0.5, 0.6) is 5.75 Å². The summed E-state index contributed by atoms with van der Waals surface area (Å²) in [6, 6.07) is 8.22. The molecule has 1 aromatic heterocycles. The SMILES string of the molecule is CNCCc1cn(CCc2ccc(OC)cc2)cn1. The molecule has 0 aliphatic heterocycles. The van der Waals surface area contributed by atoms with E-state index in [0.29, 0.717) is 0 Å². The minimum atomic E-state index is 0.903. The smallest absolute Gasteiger partial charge is 0.118 e.